The number of hydrogen-bond donors (Lipinski definition) is 6. The van der Waals surface area contributed by atoms with E-state index in [4.69, 9.17) is 25.8 Å². The molecule has 13 heteroatoms. The van der Waals surface area contributed by atoms with Gasteiger partial charge in [-0.3, -0.25) is 14.2 Å². The van der Waals surface area contributed by atoms with E-state index in [1.807, 2.05) is 0 Å². The van der Waals surface area contributed by atoms with Gasteiger partial charge in [-0.2, -0.15) is 0 Å². The number of aliphatic hydroxyl groups excluding tert-OH is 3. The average Bonchev–Trinajstić information content (AvgIpc) is 3.17. The monoisotopic (exact) mass is 385 g/mol. The van der Waals surface area contributed by atoms with Crippen LogP contribution in [-0.2, 0) is 14.3 Å². The third kappa shape index (κ3) is 4.65. The Hall–Kier alpha value is -2.87. The van der Waals surface area contributed by atoms with Gasteiger partial charge >= 0.3 is 11.9 Å². The number of aliphatic hydroxyl groups is 3. The maximum Gasteiger partial charge on any atom is 0.303 e. The fourth-order valence-corrected chi connectivity index (χ4v) is 2.38. The summed E-state index contributed by atoms with van der Waals surface area (Å²) >= 11 is 0. The van der Waals surface area contributed by atoms with Gasteiger partial charge in [0, 0.05) is 0 Å². The Morgan fingerprint density at radius 3 is 2.26 bits per heavy atom. The Bertz CT molecular complexity index is 798. The van der Waals surface area contributed by atoms with E-state index >= 15 is 0 Å². The van der Waals surface area contributed by atoms with Crippen LogP contribution in [0.3, 0.4) is 0 Å². The van der Waals surface area contributed by atoms with Crippen molar-refractivity contribution in [2.24, 2.45) is 0 Å². The van der Waals surface area contributed by atoms with Crippen LogP contribution in [-0.4, -0.2) is 81.9 Å². The minimum atomic E-state index is -1.19. The lowest BCUT2D eigenvalue weighted by Gasteiger charge is -2.16. The zero-order valence-electron chi connectivity index (χ0n) is 13.9. The predicted octanol–water partition coefficient (Wildman–Crippen LogP) is -2.04. The lowest BCUT2D eigenvalue weighted by Crippen LogP contribution is -2.33. The topological polar surface area (TPSA) is 214 Å². The fourth-order valence-electron chi connectivity index (χ4n) is 2.38. The Balaban J connectivity index is 0.000000279. The Morgan fingerprint density at radius 1 is 1.11 bits per heavy atom. The van der Waals surface area contributed by atoms with Gasteiger partial charge in [-0.15, -0.1) is 0 Å². The summed E-state index contributed by atoms with van der Waals surface area (Å²) in [5, 5.41) is 44.5. The molecule has 2 aromatic rings. The lowest BCUT2D eigenvalue weighted by atomic mass is 10.1. The summed E-state index contributed by atoms with van der Waals surface area (Å²) in [6, 6.07) is 0. The molecule has 0 radical (unpaired) electrons. The van der Waals surface area contributed by atoms with Crippen molar-refractivity contribution in [3.05, 3.63) is 12.7 Å². The van der Waals surface area contributed by atoms with Crippen LogP contribution in [0.4, 0.5) is 5.82 Å². The summed E-state index contributed by atoms with van der Waals surface area (Å²) in [6.07, 6.45) is -2.02. The Kier molecular flexibility index (Phi) is 6.57. The summed E-state index contributed by atoms with van der Waals surface area (Å²) < 4.78 is 6.85. The molecule has 0 spiro atoms. The molecule has 0 saturated carbocycles. The van der Waals surface area contributed by atoms with E-state index in [2.05, 4.69) is 15.0 Å². The molecule has 2 aromatic heterocycles. The molecule has 3 rings (SSSR count). The van der Waals surface area contributed by atoms with Gasteiger partial charge in [-0.1, -0.05) is 0 Å². The number of carboxylic acids is 2. The fraction of sp³-hybridized carbons (Fsp3) is 0.500. The molecule has 7 N–H and O–H groups in total. The number of rotatable bonds is 5. The van der Waals surface area contributed by atoms with Gasteiger partial charge in [-0.25, -0.2) is 15.0 Å². The second-order valence-electron chi connectivity index (χ2n) is 5.60. The van der Waals surface area contributed by atoms with Crippen LogP contribution in [0.1, 0.15) is 19.1 Å². The molecule has 1 aliphatic heterocycles. The highest BCUT2D eigenvalue weighted by molar-refractivity contribution is 5.81. The molecule has 0 amide bonds. The van der Waals surface area contributed by atoms with E-state index in [0.717, 1.165) is 0 Å². The standard InChI is InChI=1S/C10H13N5O4.C4H6O4/c11-8-5-9(13-2-12-8)15(3-14-5)10-7(18)6(17)4(1-16)19-10;5-3(6)1-2-4(7)8/h2-4,6-7,10,16-18H,1H2,(H2,11,12,13);1-2H2,(H,5,6)(H,7,8)/t4-,6-,7-,10-;/m1./s1. The zero-order chi connectivity index (χ0) is 20.1. The predicted molar refractivity (Wildman–Crippen MR) is 87.3 cm³/mol. The van der Waals surface area contributed by atoms with E-state index in [1.165, 1.54) is 17.2 Å². The normalized spacial score (nSPS) is 24.4. The first-order valence-electron chi connectivity index (χ1n) is 7.75. The number of nitrogen functional groups attached to an aromatic ring is 1. The van der Waals surface area contributed by atoms with Crippen LogP contribution < -0.4 is 5.73 Å². The highest BCUT2D eigenvalue weighted by atomic mass is 16.6. The number of anilines is 1. The van der Waals surface area contributed by atoms with Crippen molar-refractivity contribution in [2.75, 3.05) is 12.3 Å². The highest BCUT2D eigenvalue weighted by Gasteiger charge is 2.43. The van der Waals surface area contributed by atoms with E-state index in [0.29, 0.717) is 11.2 Å². The number of aromatic nitrogens is 4. The molecule has 0 aliphatic carbocycles. The maximum absolute atomic E-state index is 9.95. The summed E-state index contributed by atoms with van der Waals surface area (Å²) in [5.41, 5.74) is 6.44. The van der Waals surface area contributed by atoms with Crippen LogP contribution in [0.25, 0.3) is 11.2 Å². The molecule has 13 nitrogen and oxygen atoms in total. The van der Waals surface area contributed by atoms with E-state index in [1.54, 1.807) is 0 Å². The molecule has 1 aliphatic rings. The average molecular weight is 385 g/mol. The quantitative estimate of drug-likeness (QED) is 0.328. The van der Waals surface area contributed by atoms with Crippen molar-refractivity contribution in [1.29, 1.82) is 0 Å². The lowest BCUT2D eigenvalue weighted by molar-refractivity contribution is -0.143. The Labute approximate surface area is 151 Å². The van der Waals surface area contributed by atoms with Crippen LogP contribution in [0.2, 0.25) is 0 Å². The number of aliphatic carboxylic acids is 2. The summed E-state index contributed by atoms with van der Waals surface area (Å²) in [5.74, 6) is -1.93. The van der Waals surface area contributed by atoms with Gasteiger partial charge in [-0.05, 0) is 0 Å². The van der Waals surface area contributed by atoms with Crippen LogP contribution in [0.5, 0.6) is 0 Å². The minimum Gasteiger partial charge on any atom is -0.481 e. The summed E-state index contributed by atoms with van der Waals surface area (Å²) in [7, 11) is 0. The first-order valence-corrected chi connectivity index (χ1v) is 7.75. The van der Waals surface area contributed by atoms with E-state index in [9.17, 15) is 19.8 Å². The van der Waals surface area contributed by atoms with Crippen molar-refractivity contribution >= 4 is 28.9 Å². The van der Waals surface area contributed by atoms with Gasteiger partial charge in [0.2, 0.25) is 0 Å². The number of imidazole rings is 1. The van der Waals surface area contributed by atoms with Crippen LogP contribution in [0, 0.1) is 0 Å². The SMILES string of the molecule is Nc1ncnc2c1ncn2[C@@H]1O[C@H](CO)[C@@H](O)[C@H]1O.O=C(O)CCC(=O)O. The summed E-state index contributed by atoms with van der Waals surface area (Å²) in [6.45, 7) is -0.390. The molecular weight excluding hydrogens is 366 g/mol. The van der Waals surface area contributed by atoms with E-state index in [-0.39, 0.29) is 18.7 Å². The third-order valence-electron chi connectivity index (χ3n) is 3.73. The van der Waals surface area contributed by atoms with Crippen molar-refractivity contribution in [3.63, 3.8) is 0 Å². The van der Waals surface area contributed by atoms with Gasteiger partial charge in [0.15, 0.2) is 17.7 Å². The largest absolute Gasteiger partial charge is 0.481 e. The van der Waals surface area contributed by atoms with Crippen molar-refractivity contribution in [2.45, 2.75) is 37.4 Å². The molecule has 0 aromatic carbocycles. The van der Waals surface area contributed by atoms with Crippen LogP contribution in [0.15, 0.2) is 12.7 Å². The number of nitrogens with zero attached hydrogens (tertiary/aromatic N) is 4. The van der Waals surface area contributed by atoms with Gasteiger partial charge in [0.1, 0.15) is 30.2 Å². The first kappa shape index (κ1) is 20.4. The Morgan fingerprint density at radius 2 is 1.74 bits per heavy atom. The number of ether oxygens (including phenoxy) is 1. The van der Waals surface area contributed by atoms with Gasteiger partial charge in [0.25, 0.3) is 0 Å². The molecule has 0 bridgehead atoms. The van der Waals surface area contributed by atoms with Crippen molar-refractivity contribution < 1.29 is 39.9 Å². The number of hydrogen-bond acceptors (Lipinski definition) is 10. The molecule has 0 unspecified atom stereocenters. The molecule has 1 fully saturated rings. The van der Waals surface area contributed by atoms with Gasteiger partial charge < -0.3 is 36.0 Å². The molecule has 148 valence electrons. The number of carboxylic acid groups (broad SMARTS) is 2. The smallest absolute Gasteiger partial charge is 0.303 e. The summed E-state index contributed by atoms with van der Waals surface area (Å²) in [4.78, 5) is 31.2. The third-order valence-corrected chi connectivity index (χ3v) is 3.73. The maximum atomic E-state index is 9.95. The van der Waals surface area contributed by atoms with Crippen molar-refractivity contribution in [3.8, 4) is 0 Å². The molecule has 3 heterocycles. The minimum absolute atomic E-state index is 0.218. The highest BCUT2D eigenvalue weighted by Crippen LogP contribution is 2.31. The van der Waals surface area contributed by atoms with Crippen molar-refractivity contribution in [1.82, 2.24) is 19.5 Å². The van der Waals surface area contributed by atoms with Gasteiger partial charge in [0.05, 0.1) is 25.8 Å². The molecule has 4 atom stereocenters. The number of nitrogens with two attached hydrogens (primary N) is 1. The molecule has 1 saturated heterocycles. The van der Waals surface area contributed by atoms with Crippen LogP contribution >= 0.6 is 0 Å². The van der Waals surface area contributed by atoms with E-state index < -0.39 is 43.1 Å². The zero-order valence-corrected chi connectivity index (χ0v) is 13.9. The molecule has 27 heavy (non-hydrogen) atoms. The first-order chi connectivity index (χ1) is 12.8. The second kappa shape index (κ2) is 8.68. The number of carbonyl (C=O) groups is 2. The second-order valence-corrected chi connectivity index (χ2v) is 5.60. The number of fused-ring (bicyclic) bond motifs is 1. The molecular formula is C14H19N5O8.